The zero-order valence-electron chi connectivity index (χ0n) is 10.6. The Hall–Kier alpha value is -2.46. The predicted octanol–water partition coefficient (Wildman–Crippen LogP) is 3.28. The van der Waals surface area contributed by atoms with E-state index in [9.17, 15) is 9.18 Å². The van der Waals surface area contributed by atoms with Gasteiger partial charge in [0.2, 0.25) is 0 Å². The molecule has 3 nitrogen and oxygen atoms in total. The van der Waals surface area contributed by atoms with Crippen LogP contribution in [-0.4, -0.2) is 16.4 Å². The van der Waals surface area contributed by atoms with Gasteiger partial charge in [0.05, 0.1) is 6.61 Å². The molecule has 0 saturated heterocycles. The SMILES string of the molecule is O=Cc1c[nH]c2cc(F)c(-c3ccc(CO)cc3)cc12. The Morgan fingerprint density at radius 2 is 1.95 bits per heavy atom. The van der Waals surface area contributed by atoms with Gasteiger partial charge in [-0.15, -0.1) is 0 Å². The van der Waals surface area contributed by atoms with E-state index in [2.05, 4.69) is 4.98 Å². The maximum Gasteiger partial charge on any atom is 0.152 e. The van der Waals surface area contributed by atoms with Crippen LogP contribution < -0.4 is 0 Å². The van der Waals surface area contributed by atoms with Crippen LogP contribution in [0, 0.1) is 5.82 Å². The molecule has 0 aliphatic carbocycles. The van der Waals surface area contributed by atoms with Crippen LogP contribution in [0.2, 0.25) is 0 Å². The number of aliphatic hydroxyl groups is 1. The van der Waals surface area contributed by atoms with Gasteiger partial charge in [-0.25, -0.2) is 4.39 Å². The van der Waals surface area contributed by atoms with Crippen molar-refractivity contribution in [2.45, 2.75) is 6.61 Å². The zero-order valence-corrected chi connectivity index (χ0v) is 10.6. The van der Waals surface area contributed by atoms with Crippen LogP contribution in [0.25, 0.3) is 22.0 Å². The summed E-state index contributed by atoms with van der Waals surface area (Å²) in [6.45, 7) is -0.0467. The summed E-state index contributed by atoms with van der Waals surface area (Å²) >= 11 is 0. The number of nitrogens with one attached hydrogen (secondary N) is 1. The summed E-state index contributed by atoms with van der Waals surface area (Å²) in [5.41, 5.74) is 3.02. The fourth-order valence-electron chi connectivity index (χ4n) is 2.27. The van der Waals surface area contributed by atoms with Crippen molar-refractivity contribution in [3.8, 4) is 11.1 Å². The first-order chi connectivity index (χ1) is 9.72. The molecule has 0 aliphatic rings. The lowest BCUT2D eigenvalue weighted by atomic mass is 10.0. The standard InChI is InChI=1S/C16H12FNO2/c17-15-6-16-14(12(9-20)7-18-16)5-13(15)11-3-1-10(8-19)2-4-11/h1-7,9,18-19H,8H2. The highest BCUT2D eigenvalue weighted by Gasteiger charge is 2.10. The van der Waals surface area contributed by atoms with Gasteiger partial charge in [0, 0.05) is 28.2 Å². The number of aromatic nitrogens is 1. The Morgan fingerprint density at radius 1 is 1.20 bits per heavy atom. The molecule has 3 aromatic rings. The highest BCUT2D eigenvalue weighted by Crippen LogP contribution is 2.29. The molecule has 0 unspecified atom stereocenters. The van der Waals surface area contributed by atoms with Gasteiger partial charge in [0.15, 0.2) is 6.29 Å². The van der Waals surface area contributed by atoms with E-state index < -0.39 is 0 Å². The fourth-order valence-corrected chi connectivity index (χ4v) is 2.27. The molecule has 2 aromatic carbocycles. The van der Waals surface area contributed by atoms with E-state index in [4.69, 9.17) is 5.11 Å². The third-order valence-corrected chi connectivity index (χ3v) is 3.38. The van der Waals surface area contributed by atoms with E-state index in [0.717, 1.165) is 11.8 Å². The Kier molecular flexibility index (Phi) is 3.08. The van der Waals surface area contributed by atoms with Crippen molar-refractivity contribution in [1.82, 2.24) is 4.98 Å². The van der Waals surface area contributed by atoms with Gasteiger partial charge in [-0.1, -0.05) is 24.3 Å². The van der Waals surface area contributed by atoms with Crippen LogP contribution in [0.4, 0.5) is 4.39 Å². The number of benzene rings is 2. The monoisotopic (exact) mass is 269 g/mol. The van der Waals surface area contributed by atoms with Crippen molar-refractivity contribution in [2.24, 2.45) is 0 Å². The maximum absolute atomic E-state index is 14.1. The number of fused-ring (bicyclic) bond motifs is 1. The molecule has 3 rings (SSSR count). The van der Waals surface area contributed by atoms with Crippen LogP contribution in [0.15, 0.2) is 42.6 Å². The maximum atomic E-state index is 14.1. The summed E-state index contributed by atoms with van der Waals surface area (Å²) in [6, 6.07) is 10.1. The number of H-pyrrole nitrogens is 1. The minimum Gasteiger partial charge on any atom is -0.392 e. The molecule has 20 heavy (non-hydrogen) atoms. The Morgan fingerprint density at radius 3 is 2.60 bits per heavy atom. The second-order valence-electron chi connectivity index (χ2n) is 4.59. The van der Waals surface area contributed by atoms with Gasteiger partial charge in [-0.2, -0.15) is 0 Å². The lowest BCUT2D eigenvalue weighted by Gasteiger charge is -2.05. The molecule has 0 radical (unpaired) electrons. The quantitative estimate of drug-likeness (QED) is 0.717. The molecular weight excluding hydrogens is 257 g/mol. The van der Waals surface area contributed by atoms with E-state index in [1.54, 1.807) is 36.5 Å². The lowest BCUT2D eigenvalue weighted by molar-refractivity contribution is 0.112. The van der Waals surface area contributed by atoms with Gasteiger partial charge >= 0.3 is 0 Å². The molecule has 0 bridgehead atoms. The number of aromatic amines is 1. The molecule has 1 aromatic heterocycles. The number of halogens is 1. The number of hydrogen-bond donors (Lipinski definition) is 2. The van der Waals surface area contributed by atoms with Gasteiger partial charge < -0.3 is 10.1 Å². The summed E-state index contributed by atoms with van der Waals surface area (Å²) in [5.74, 6) is -0.353. The molecule has 0 spiro atoms. The van der Waals surface area contributed by atoms with Crippen LogP contribution in [0.3, 0.4) is 0 Å². The number of aldehydes is 1. The van der Waals surface area contributed by atoms with Gasteiger partial charge in [-0.05, 0) is 23.3 Å². The van der Waals surface area contributed by atoms with Crippen molar-refractivity contribution in [2.75, 3.05) is 0 Å². The average molecular weight is 269 g/mol. The molecule has 4 heteroatoms. The molecule has 1 heterocycles. The average Bonchev–Trinajstić information content (AvgIpc) is 2.88. The van der Waals surface area contributed by atoms with E-state index in [0.29, 0.717) is 27.6 Å². The Balaban J connectivity index is 2.18. The van der Waals surface area contributed by atoms with Crippen LogP contribution in [0.5, 0.6) is 0 Å². The van der Waals surface area contributed by atoms with Crippen LogP contribution in [0.1, 0.15) is 15.9 Å². The highest BCUT2D eigenvalue weighted by atomic mass is 19.1. The minimum absolute atomic E-state index is 0.0467. The summed E-state index contributed by atoms with van der Waals surface area (Å²) < 4.78 is 14.1. The number of rotatable bonds is 3. The fraction of sp³-hybridized carbons (Fsp3) is 0.0625. The van der Waals surface area contributed by atoms with E-state index in [-0.39, 0.29) is 12.4 Å². The molecule has 0 saturated carbocycles. The first-order valence-electron chi connectivity index (χ1n) is 6.19. The van der Waals surface area contributed by atoms with Gasteiger partial charge in [0.1, 0.15) is 5.82 Å². The van der Waals surface area contributed by atoms with Crippen molar-refractivity contribution < 1.29 is 14.3 Å². The highest BCUT2D eigenvalue weighted by molar-refractivity contribution is 5.99. The van der Waals surface area contributed by atoms with E-state index in [1.807, 2.05) is 0 Å². The summed E-state index contributed by atoms with van der Waals surface area (Å²) in [4.78, 5) is 13.8. The molecule has 2 N–H and O–H groups in total. The molecule has 0 amide bonds. The summed E-state index contributed by atoms with van der Waals surface area (Å²) in [5, 5.41) is 9.72. The van der Waals surface area contributed by atoms with Crippen molar-refractivity contribution in [3.05, 3.63) is 59.5 Å². The largest absolute Gasteiger partial charge is 0.392 e. The second-order valence-corrected chi connectivity index (χ2v) is 4.59. The predicted molar refractivity (Wildman–Crippen MR) is 75.0 cm³/mol. The van der Waals surface area contributed by atoms with Crippen LogP contribution in [-0.2, 0) is 6.61 Å². The molecular formula is C16H12FNO2. The topological polar surface area (TPSA) is 53.1 Å². The van der Waals surface area contributed by atoms with Crippen molar-refractivity contribution in [3.63, 3.8) is 0 Å². The Labute approximate surface area is 114 Å². The molecule has 0 fully saturated rings. The van der Waals surface area contributed by atoms with Crippen molar-refractivity contribution >= 4 is 17.2 Å². The second kappa shape index (κ2) is 4.90. The normalized spacial score (nSPS) is 10.9. The lowest BCUT2D eigenvalue weighted by Crippen LogP contribution is -1.88. The number of aliphatic hydroxyl groups excluding tert-OH is 1. The number of carbonyl (C=O) groups excluding carboxylic acids is 1. The smallest absolute Gasteiger partial charge is 0.152 e. The minimum atomic E-state index is -0.353. The van der Waals surface area contributed by atoms with Crippen LogP contribution >= 0.6 is 0 Å². The zero-order chi connectivity index (χ0) is 14.1. The number of carbonyl (C=O) groups is 1. The van der Waals surface area contributed by atoms with Gasteiger partial charge in [0.25, 0.3) is 0 Å². The number of hydrogen-bond acceptors (Lipinski definition) is 2. The summed E-state index contributed by atoms with van der Waals surface area (Å²) in [6.07, 6.45) is 2.31. The first-order valence-corrected chi connectivity index (χ1v) is 6.19. The first kappa shape index (κ1) is 12.6. The molecule has 0 atom stereocenters. The molecule has 0 aliphatic heterocycles. The summed E-state index contributed by atoms with van der Waals surface area (Å²) in [7, 11) is 0. The third-order valence-electron chi connectivity index (χ3n) is 3.38. The van der Waals surface area contributed by atoms with Gasteiger partial charge in [-0.3, -0.25) is 4.79 Å². The third kappa shape index (κ3) is 2.00. The molecule has 100 valence electrons. The van der Waals surface area contributed by atoms with E-state index >= 15 is 0 Å². The van der Waals surface area contributed by atoms with E-state index in [1.165, 1.54) is 6.07 Å². The Bertz CT molecular complexity index is 775. The van der Waals surface area contributed by atoms with Crippen molar-refractivity contribution in [1.29, 1.82) is 0 Å².